The summed E-state index contributed by atoms with van der Waals surface area (Å²) in [7, 11) is 1.29. The van der Waals surface area contributed by atoms with Gasteiger partial charge in [-0.1, -0.05) is 30.3 Å². The van der Waals surface area contributed by atoms with E-state index in [1.54, 1.807) is 19.2 Å². The van der Waals surface area contributed by atoms with Crippen LogP contribution in [0.2, 0.25) is 0 Å². The first-order chi connectivity index (χ1) is 11.3. The molecule has 0 aliphatic heterocycles. The molecule has 3 aromatic rings. The molecule has 0 aliphatic carbocycles. The summed E-state index contributed by atoms with van der Waals surface area (Å²) in [5.41, 5.74) is -2.50. The minimum atomic E-state index is -4.93. The molecule has 2 N–H and O–H groups in total. The van der Waals surface area contributed by atoms with Crippen LogP contribution in [-0.4, -0.2) is 23.4 Å². The normalized spacial score (nSPS) is 14.6. The number of halogens is 3. The van der Waals surface area contributed by atoms with Gasteiger partial charge in [0.1, 0.15) is 5.75 Å². The molecule has 0 saturated heterocycles. The first-order valence-electron chi connectivity index (χ1n) is 7.30. The fourth-order valence-electron chi connectivity index (χ4n) is 3.04. The lowest BCUT2D eigenvalue weighted by Gasteiger charge is -2.33. The number of aromatic amines is 1. The monoisotopic (exact) mass is 335 g/mol. The summed E-state index contributed by atoms with van der Waals surface area (Å²) in [5.74, 6) is -0.0109. The second kappa shape index (κ2) is 5.56. The Kier molecular flexibility index (Phi) is 3.80. The predicted octanol–water partition coefficient (Wildman–Crippen LogP) is 4.28. The number of alkyl halides is 3. The van der Waals surface area contributed by atoms with E-state index >= 15 is 0 Å². The van der Waals surface area contributed by atoms with E-state index in [1.165, 1.54) is 43.5 Å². The average molecular weight is 335 g/mol. The Morgan fingerprint density at radius 2 is 1.75 bits per heavy atom. The van der Waals surface area contributed by atoms with Gasteiger partial charge in [0.2, 0.25) is 5.60 Å². The number of hydrogen-bond donors (Lipinski definition) is 2. The smallest absolute Gasteiger partial charge is 0.425 e. The van der Waals surface area contributed by atoms with E-state index < -0.39 is 11.8 Å². The molecule has 0 spiro atoms. The van der Waals surface area contributed by atoms with Crippen LogP contribution in [-0.2, 0) is 5.60 Å². The summed E-state index contributed by atoms with van der Waals surface area (Å²) in [6.45, 7) is 1.76. The number of ether oxygens (including phenoxy) is 1. The summed E-state index contributed by atoms with van der Waals surface area (Å²) < 4.78 is 47.2. The maximum Gasteiger partial charge on any atom is 0.425 e. The van der Waals surface area contributed by atoms with Crippen molar-refractivity contribution in [3.63, 3.8) is 0 Å². The lowest BCUT2D eigenvalue weighted by molar-refractivity contribution is -0.248. The molecule has 2 aromatic carbocycles. The van der Waals surface area contributed by atoms with E-state index in [4.69, 9.17) is 4.74 Å². The van der Waals surface area contributed by atoms with Crippen molar-refractivity contribution < 1.29 is 23.0 Å². The van der Waals surface area contributed by atoms with Crippen molar-refractivity contribution in [3.8, 4) is 5.75 Å². The van der Waals surface area contributed by atoms with Gasteiger partial charge in [0.25, 0.3) is 0 Å². The van der Waals surface area contributed by atoms with Crippen LogP contribution in [0.25, 0.3) is 10.9 Å². The maximum atomic E-state index is 14.0. The van der Waals surface area contributed by atoms with Gasteiger partial charge < -0.3 is 14.8 Å². The topological polar surface area (TPSA) is 45.2 Å². The van der Waals surface area contributed by atoms with E-state index in [9.17, 15) is 18.3 Å². The standard InChI is InChI=1S/C18H16F3NO2/c1-11-10-14(24-2)15(13-8-9-22-16(11)13)17(23,18(19,20)21)12-6-4-3-5-7-12/h3-10,22-23H,1-2H3. The van der Waals surface area contributed by atoms with Gasteiger partial charge in [0, 0.05) is 22.7 Å². The highest BCUT2D eigenvalue weighted by atomic mass is 19.4. The van der Waals surface area contributed by atoms with Crippen LogP contribution in [0, 0.1) is 6.92 Å². The molecule has 1 atom stereocenters. The summed E-state index contributed by atoms with van der Waals surface area (Å²) in [6.07, 6.45) is -3.39. The average Bonchev–Trinajstić information content (AvgIpc) is 3.03. The number of hydrogen-bond acceptors (Lipinski definition) is 2. The van der Waals surface area contributed by atoms with Gasteiger partial charge in [-0.15, -0.1) is 0 Å². The molecule has 0 fully saturated rings. The van der Waals surface area contributed by atoms with Crippen molar-refractivity contribution in [2.24, 2.45) is 0 Å². The van der Waals surface area contributed by atoms with E-state index in [0.717, 1.165) is 5.56 Å². The van der Waals surface area contributed by atoms with Crippen molar-refractivity contribution >= 4 is 10.9 Å². The van der Waals surface area contributed by atoms with Crippen molar-refractivity contribution in [1.29, 1.82) is 0 Å². The fourth-order valence-corrected chi connectivity index (χ4v) is 3.04. The van der Waals surface area contributed by atoms with Gasteiger partial charge in [-0.25, -0.2) is 0 Å². The molecule has 0 saturated carbocycles. The summed E-state index contributed by atoms with van der Waals surface area (Å²) in [4.78, 5) is 2.92. The number of methoxy groups -OCH3 is 1. The summed E-state index contributed by atoms with van der Waals surface area (Å²) in [6, 6.07) is 10.0. The van der Waals surface area contributed by atoms with Gasteiger partial charge in [-0.2, -0.15) is 13.2 Å². The number of H-pyrrole nitrogens is 1. The van der Waals surface area contributed by atoms with Crippen molar-refractivity contribution in [2.45, 2.75) is 18.7 Å². The molecular weight excluding hydrogens is 319 g/mol. The lowest BCUT2D eigenvalue weighted by atomic mass is 9.82. The number of aromatic nitrogens is 1. The van der Waals surface area contributed by atoms with E-state index in [0.29, 0.717) is 5.52 Å². The molecule has 1 aromatic heterocycles. The van der Waals surface area contributed by atoms with Crippen LogP contribution < -0.4 is 4.74 Å². The third kappa shape index (κ3) is 2.26. The molecule has 3 nitrogen and oxygen atoms in total. The van der Waals surface area contributed by atoms with Gasteiger partial charge in [0.05, 0.1) is 7.11 Å². The summed E-state index contributed by atoms with van der Waals surface area (Å²) in [5, 5.41) is 11.2. The zero-order chi connectivity index (χ0) is 17.5. The van der Waals surface area contributed by atoms with Crippen LogP contribution in [0.15, 0.2) is 48.7 Å². The molecule has 1 heterocycles. The largest absolute Gasteiger partial charge is 0.496 e. The van der Waals surface area contributed by atoms with Crippen LogP contribution in [0.4, 0.5) is 13.2 Å². The Labute approximate surface area is 136 Å². The second-order valence-corrected chi connectivity index (χ2v) is 5.61. The second-order valence-electron chi connectivity index (χ2n) is 5.61. The Morgan fingerprint density at radius 1 is 1.08 bits per heavy atom. The Morgan fingerprint density at radius 3 is 2.33 bits per heavy atom. The summed E-state index contributed by atoms with van der Waals surface area (Å²) >= 11 is 0. The van der Waals surface area contributed by atoms with Crippen LogP contribution in [0.3, 0.4) is 0 Å². The maximum absolute atomic E-state index is 14.0. The zero-order valence-electron chi connectivity index (χ0n) is 13.1. The fraction of sp³-hybridized carbons (Fsp3) is 0.222. The van der Waals surface area contributed by atoms with Gasteiger partial charge in [-0.05, 0) is 30.2 Å². The van der Waals surface area contributed by atoms with E-state index in [2.05, 4.69) is 4.98 Å². The van der Waals surface area contributed by atoms with Gasteiger partial charge in [-0.3, -0.25) is 0 Å². The number of nitrogens with one attached hydrogen (secondary N) is 1. The lowest BCUT2D eigenvalue weighted by Crippen LogP contribution is -2.43. The van der Waals surface area contributed by atoms with Crippen LogP contribution in [0.5, 0.6) is 5.75 Å². The first-order valence-corrected chi connectivity index (χ1v) is 7.30. The quantitative estimate of drug-likeness (QED) is 0.750. The van der Waals surface area contributed by atoms with Gasteiger partial charge in [0.15, 0.2) is 0 Å². The SMILES string of the molecule is COc1cc(C)c2[nH]ccc2c1C(O)(c1ccccc1)C(F)(F)F. The third-order valence-corrected chi connectivity index (χ3v) is 4.19. The number of aliphatic hydroxyl groups is 1. The molecule has 3 rings (SSSR count). The van der Waals surface area contributed by atoms with Crippen molar-refractivity contribution in [3.05, 3.63) is 65.4 Å². The molecule has 126 valence electrons. The molecule has 1 unspecified atom stereocenters. The Bertz CT molecular complexity index is 871. The number of fused-ring (bicyclic) bond motifs is 1. The Balaban J connectivity index is 2.45. The molecule has 0 aliphatic rings. The minimum Gasteiger partial charge on any atom is -0.496 e. The van der Waals surface area contributed by atoms with Gasteiger partial charge >= 0.3 is 6.18 Å². The third-order valence-electron chi connectivity index (χ3n) is 4.19. The Hall–Kier alpha value is -2.47. The predicted molar refractivity (Wildman–Crippen MR) is 85.1 cm³/mol. The number of aryl methyl sites for hydroxylation is 1. The molecule has 0 amide bonds. The minimum absolute atomic E-state index is 0.0109. The zero-order valence-corrected chi connectivity index (χ0v) is 13.1. The molecule has 6 heteroatoms. The molecular formula is C18H16F3NO2. The molecule has 0 radical (unpaired) electrons. The van der Waals surface area contributed by atoms with E-state index in [1.807, 2.05) is 0 Å². The first kappa shape index (κ1) is 16.4. The highest BCUT2D eigenvalue weighted by Gasteiger charge is 2.58. The molecule has 24 heavy (non-hydrogen) atoms. The van der Waals surface area contributed by atoms with Crippen molar-refractivity contribution in [1.82, 2.24) is 4.98 Å². The van der Waals surface area contributed by atoms with E-state index in [-0.39, 0.29) is 22.3 Å². The number of rotatable bonds is 3. The van der Waals surface area contributed by atoms with Crippen LogP contribution >= 0.6 is 0 Å². The van der Waals surface area contributed by atoms with Crippen LogP contribution in [0.1, 0.15) is 16.7 Å². The highest BCUT2D eigenvalue weighted by Crippen LogP contribution is 2.50. The highest BCUT2D eigenvalue weighted by molar-refractivity contribution is 5.89. The molecule has 0 bridgehead atoms. The van der Waals surface area contributed by atoms with Crippen molar-refractivity contribution in [2.75, 3.05) is 7.11 Å². The number of benzene rings is 2.